The number of nitrogens with zero attached hydrogens (tertiary/aromatic N) is 4. The molecule has 1 saturated heterocycles. The van der Waals surface area contributed by atoms with Gasteiger partial charge in [0.25, 0.3) is 0 Å². The average molecular weight is 307 g/mol. The number of aromatic nitrogens is 2. The Morgan fingerprint density at radius 3 is 2.68 bits per heavy atom. The van der Waals surface area contributed by atoms with Gasteiger partial charge >= 0.3 is 0 Å². The van der Waals surface area contributed by atoms with E-state index in [0.29, 0.717) is 0 Å². The first kappa shape index (κ1) is 16.5. The summed E-state index contributed by atoms with van der Waals surface area (Å²) in [5.74, 6) is 2.65. The highest BCUT2D eigenvalue weighted by atomic mass is 16.5. The van der Waals surface area contributed by atoms with Gasteiger partial charge < -0.3 is 19.9 Å². The third-order valence-electron chi connectivity index (χ3n) is 3.70. The van der Waals surface area contributed by atoms with Crippen LogP contribution >= 0.6 is 0 Å². The molecule has 0 aliphatic carbocycles. The Morgan fingerprint density at radius 1 is 1.32 bits per heavy atom. The van der Waals surface area contributed by atoms with Crippen molar-refractivity contribution >= 4 is 17.5 Å². The molecule has 122 valence electrons. The van der Waals surface area contributed by atoms with Gasteiger partial charge in [-0.25, -0.2) is 9.97 Å². The van der Waals surface area contributed by atoms with Crippen molar-refractivity contribution in [3.05, 3.63) is 11.9 Å². The average Bonchev–Trinajstić information content (AvgIpc) is 2.51. The van der Waals surface area contributed by atoms with Gasteiger partial charge in [-0.1, -0.05) is 0 Å². The van der Waals surface area contributed by atoms with E-state index < -0.39 is 0 Å². The number of hydrogen-bond acceptors (Lipinski definition) is 6. The molecule has 0 atom stereocenters. The Kier molecular flexibility index (Phi) is 5.94. The monoisotopic (exact) mass is 307 g/mol. The first-order chi connectivity index (χ1) is 10.6. The van der Waals surface area contributed by atoms with Crippen LogP contribution in [0.2, 0.25) is 0 Å². The number of methoxy groups -OCH3 is 1. The van der Waals surface area contributed by atoms with E-state index in [1.54, 1.807) is 14.0 Å². The molecule has 0 bridgehead atoms. The Hall–Kier alpha value is -1.89. The van der Waals surface area contributed by atoms with Gasteiger partial charge in [0.15, 0.2) is 0 Å². The zero-order chi connectivity index (χ0) is 15.9. The van der Waals surface area contributed by atoms with Crippen molar-refractivity contribution in [3.63, 3.8) is 0 Å². The number of piperazine rings is 1. The van der Waals surface area contributed by atoms with Crippen LogP contribution in [0.5, 0.6) is 0 Å². The smallest absolute Gasteiger partial charge is 0.219 e. The van der Waals surface area contributed by atoms with E-state index >= 15 is 0 Å². The lowest BCUT2D eigenvalue weighted by Gasteiger charge is -2.35. The topological polar surface area (TPSA) is 70.6 Å². The Labute approximate surface area is 131 Å². The van der Waals surface area contributed by atoms with Crippen LogP contribution in [-0.4, -0.2) is 67.2 Å². The molecule has 0 aromatic carbocycles. The van der Waals surface area contributed by atoms with Gasteiger partial charge in [-0.05, 0) is 13.3 Å². The van der Waals surface area contributed by atoms with Gasteiger partial charge in [-0.15, -0.1) is 0 Å². The summed E-state index contributed by atoms with van der Waals surface area (Å²) in [6.07, 6.45) is 0.937. The van der Waals surface area contributed by atoms with E-state index in [1.165, 1.54) is 0 Å². The van der Waals surface area contributed by atoms with Crippen LogP contribution in [0.3, 0.4) is 0 Å². The molecule has 2 heterocycles. The molecule has 0 radical (unpaired) electrons. The number of rotatable bonds is 6. The number of nitrogens with one attached hydrogen (secondary N) is 1. The molecule has 1 aromatic heterocycles. The van der Waals surface area contributed by atoms with Crippen LogP contribution in [-0.2, 0) is 9.53 Å². The third-order valence-corrected chi connectivity index (χ3v) is 3.70. The molecule has 2 rings (SSSR count). The fourth-order valence-corrected chi connectivity index (χ4v) is 2.49. The zero-order valence-electron chi connectivity index (χ0n) is 13.6. The van der Waals surface area contributed by atoms with Gasteiger partial charge in [0.05, 0.1) is 0 Å². The van der Waals surface area contributed by atoms with Crippen LogP contribution < -0.4 is 10.2 Å². The molecule has 1 N–H and O–H groups in total. The third kappa shape index (κ3) is 4.56. The number of hydrogen-bond donors (Lipinski definition) is 1. The molecular formula is C15H25N5O2. The standard InChI is InChI=1S/C15H25N5O2/c1-12-17-14(16-5-4-10-22-3)11-15(18-12)20-8-6-19(7-9-20)13(2)21/h11H,4-10H2,1-3H3,(H,16,17,18). The van der Waals surface area contributed by atoms with E-state index in [2.05, 4.69) is 20.2 Å². The summed E-state index contributed by atoms with van der Waals surface area (Å²) in [7, 11) is 1.70. The summed E-state index contributed by atoms with van der Waals surface area (Å²) in [5.41, 5.74) is 0. The minimum absolute atomic E-state index is 0.138. The molecule has 1 aliphatic heterocycles. The molecule has 1 fully saturated rings. The molecule has 0 spiro atoms. The van der Waals surface area contributed by atoms with Crippen LogP contribution in [0.4, 0.5) is 11.6 Å². The van der Waals surface area contributed by atoms with Crippen LogP contribution in [0, 0.1) is 6.92 Å². The Bertz CT molecular complexity index is 501. The molecular weight excluding hydrogens is 282 g/mol. The van der Waals surface area contributed by atoms with Crippen LogP contribution in [0.15, 0.2) is 6.07 Å². The van der Waals surface area contributed by atoms with Crippen molar-refractivity contribution in [3.8, 4) is 0 Å². The molecule has 0 unspecified atom stereocenters. The number of aryl methyl sites for hydroxylation is 1. The summed E-state index contributed by atoms with van der Waals surface area (Å²) in [6, 6.07) is 1.98. The molecule has 7 heteroatoms. The van der Waals surface area contributed by atoms with Crippen molar-refractivity contribution in [2.75, 3.05) is 56.7 Å². The van der Waals surface area contributed by atoms with E-state index in [0.717, 1.165) is 63.2 Å². The predicted octanol–water partition coefficient (Wildman–Crippen LogP) is 0.902. The van der Waals surface area contributed by atoms with Crippen LogP contribution in [0.25, 0.3) is 0 Å². The number of carbonyl (C=O) groups is 1. The number of anilines is 2. The molecule has 1 aromatic rings. The van der Waals surface area contributed by atoms with Crippen molar-refractivity contribution in [1.29, 1.82) is 0 Å². The minimum Gasteiger partial charge on any atom is -0.385 e. The number of amides is 1. The van der Waals surface area contributed by atoms with E-state index in [9.17, 15) is 4.79 Å². The lowest BCUT2D eigenvalue weighted by molar-refractivity contribution is -0.129. The fourth-order valence-electron chi connectivity index (χ4n) is 2.49. The first-order valence-electron chi connectivity index (χ1n) is 7.69. The van der Waals surface area contributed by atoms with Gasteiger partial charge in [0, 0.05) is 59.4 Å². The highest BCUT2D eigenvalue weighted by Gasteiger charge is 2.20. The minimum atomic E-state index is 0.138. The van der Waals surface area contributed by atoms with Crippen molar-refractivity contribution in [2.45, 2.75) is 20.3 Å². The molecule has 1 amide bonds. The lowest BCUT2D eigenvalue weighted by Crippen LogP contribution is -2.48. The highest BCUT2D eigenvalue weighted by Crippen LogP contribution is 2.17. The highest BCUT2D eigenvalue weighted by molar-refractivity contribution is 5.73. The maximum absolute atomic E-state index is 11.4. The van der Waals surface area contributed by atoms with Crippen molar-refractivity contribution in [2.24, 2.45) is 0 Å². The van der Waals surface area contributed by atoms with Crippen molar-refractivity contribution < 1.29 is 9.53 Å². The van der Waals surface area contributed by atoms with Gasteiger partial charge in [0.1, 0.15) is 17.5 Å². The summed E-state index contributed by atoms with van der Waals surface area (Å²) in [4.78, 5) is 24.4. The maximum Gasteiger partial charge on any atom is 0.219 e. The van der Waals surface area contributed by atoms with Crippen LogP contribution in [0.1, 0.15) is 19.2 Å². The van der Waals surface area contributed by atoms with Gasteiger partial charge in [-0.3, -0.25) is 4.79 Å². The molecule has 1 aliphatic rings. The second kappa shape index (κ2) is 7.93. The normalized spacial score (nSPS) is 15.0. The SMILES string of the molecule is COCCCNc1cc(N2CCN(C(C)=O)CC2)nc(C)n1. The summed E-state index contributed by atoms with van der Waals surface area (Å²) in [6.45, 7) is 8.17. The molecule has 7 nitrogen and oxygen atoms in total. The summed E-state index contributed by atoms with van der Waals surface area (Å²) >= 11 is 0. The lowest BCUT2D eigenvalue weighted by atomic mass is 10.3. The largest absolute Gasteiger partial charge is 0.385 e. The van der Waals surface area contributed by atoms with Gasteiger partial charge in [0.2, 0.25) is 5.91 Å². The number of carbonyl (C=O) groups excluding carboxylic acids is 1. The fraction of sp³-hybridized carbons (Fsp3) is 0.667. The molecule has 22 heavy (non-hydrogen) atoms. The van der Waals surface area contributed by atoms with E-state index in [4.69, 9.17) is 4.74 Å². The van der Waals surface area contributed by atoms with Crippen molar-refractivity contribution in [1.82, 2.24) is 14.9 Å². The zero-order valence-corrected chi connectivity index (χ0v) is 13.6. The van der Waals surface area contributed by atoms with Gasteiger partial charge in [-0.2, -0.15) is 0 Å². The van der Waals surface area contributed by atoms with E-state index in [-0.39, 0.29) is 5.91 Å². The predicted molar refractivity (Wildman–Crippen MR) is 86.2 cm³/mol. The van der Waals surface area contributed by atoms with E-state index in [1.807, 2.05) is 17.9 Å². The second-order valence-electron chi connectivity index (χ2n) is 5.42. The second-order valence-corrected chi connectivity index (χ2v) is 5.42. The first-order valence-corrected chi connectivity index (χ1v) is 7.69. The summed E-state index contributed by atoms with van der Waals surface area (Å²) < 4.78 is 5.04. The maximum atomic E-state index is 11.4. The molecule has 0 saturated carbocycles. The quantitative estimate of drug-likeness (QED) is 0.788. The number of ether oxygens (including phenoxy) is 1. The Morgan fingerprint density at radius 2 is 2.05 bits per heavy atom. The summed E-state index contributed by atoms with van der Waals surface area (Å²) in [5, 5.41) is 3.30. The Balaban J connectivity index is 1.96.